The van der Waals surface area contributed by atoms with Gasteiger partial charge in [-0.1, -0.05) is 0 Å². The minimum Gasteiger partial charge on any atom is -0.481 e. The van der Waals surface area contributed by atoms with Crippen LogP contribution in [-0.2, 0) is 9.53 Å². The molecule has 2 atom stereocenters. The Labute approximate surface area is 83.3 Å². The Morgan fingerprint density at radius 1 is 1.71 bits per heavy atom. The van der Waals surface area contributed by atoms with E-state index in [1.807, 2.05) is 4.90 Å². The summed E-state index contributed by atoms with van der Waals surface area (Å²) in [5.74, 6) is -0.826. The summed E-state index contributed by atoms with van der Waals surface area (Å²) in [6.45, 7) is 1.71. The van der Waals surface area contributed by atoms with E-state index in [0.717, 1.165) is 13.0 Å². The van der Waals surface area contributed by atoms with Crippen LogP contribution in [0.3, 0.4) is 0 Å². The SMILES string of the molecule is COCC(CC(=O)O)N1CCC(O)C1. The molecule has 0 aromatic carbocycles. The predicted octanol–water partition coefficient (Wildman–Crippen LogP) is -0.457. The first-order valence-corrected chi connectivity index (χ1v) is 4.76. The quantitative estimate of drug-likeness (QED) is 0.633. The summed E-state index contributed by atoms with van der Waals surface area (Å²) in [6.07, 6.45) is 0.476. The topological polar surface area (TPSA) is 70.0 Å². The number of hydrogen-bond acceptors (Lipinski definition) is 4. The van der Waals surface area contributed by atoms with E-state index in [4.69, 9.17) is 9.84 Å². The minimum atomic E-state index is -0.826. The number of β-amino-alcohol motifs (C(OH)–C–C–N with tert-alkyl or cyclic N) is 1. The molecule has 1 saturated heterocycles. The van der Waals surface area contributed by atoms with Crippen LogP contribution in [-0.4, -0.2) is 60.0 Å². The van der Waals surface area contributed by atoms with Crippen LogP contribution in [0.5, 0.6) is 0 Å². The number of carbonyl (C=O) groups is 1. The summed E-state index contributed by atoms with van der Waals surface area (Å²) in [5, 5.41) is 18.0. The molecule has 0 saturated carbocycles. The number of hydrogen-bond donors (Lipinski definition) is 2. The third-order valence-electron chi connectivity index (χ3n) is 2.48. The second-order valence-corrected chi connectivity index (χ2v) is 3.64. The van der Waals surface area contributed by atoms with Crippen molar-refractivity contribution in [3.63, 3.8) is 0 Å². The lowest BCUT2D eigenvalue weighted by Gasteiger charge is -2.25. The van der Waals surface area contributed by atoms with Crippen molar-refractivity contribution in [1.29, 1.82) is 0 Å². The molecule has 0 aliphatic carbocycles. The van der Waals surface area contributed by atoms with E-state index >= 15 is 0 Å². The third-order valence-corrected chi connectivity index (χ3v) is 2.48. The van der Waals surface area contributed by atoms with Crippen molar-refractivity contribution in [2.24, 2.45) is 0 Å². The fourth-order valence-corrected chi connectivity index (χ4v) is 1.79. The maximum Gasteiger partial charge on any atom is 0.305 e. The number of aliphatic hydroxyl groups excluding tert-OH is 1. The van der Waals surface area contributed by atoms with E-state index in [2.05, 4.69) is 0 Å². The Morgan fingerprint density at radius 2 is 2.43 bits per heavy atom. The molecule has 2 unspecified atom stereocenters. The molecule has 0 spiro atoms. The zero-order valence-electron chi connectivity index (χ0n) is 8.35. The highest BCUT2D eigenvalue weighted by molar-refractivity contribution is 5.67. The summed E-state index contributed by atoms with van der Waals surface area (Å²) in [7, 11) is 1.56. The monoisotopic (exact) mass is 203 g/mol. The Morgan fingerprint density at radius 3 is 2.86 bits per heavy atom. The second-order valence-electron chi connectivity index (χ2n) is 3.64. The number of methoxy groups -OCH3 is 1. The molecule has 1 fully saturated rings. The Hall–Kier alpha value is -0.650. The Balaban J connectivity index is 2.44. The van der Waals surface area contributed by atoms with Crippen LogP contribution in [0.4, 0.5) is 0 Å². The molecule has 0 aromatic rings. The summed E-state index contributed by atoms with van der Waals surface area (Å²) in [4.78, 5) is 12.6. The predicted molar refractivity (Wildman–Crippen MR) is 50.1 cm³/mol. The van der Waals surface area contributed by atoms with Gasteiger partial charge in [0, 0.05) is 26.2 Å². The number of likely N-dealkylation sites (tertiary alicyclic amines) is 1. The standard InChI is InChI=1S/C9H17NO4/c1-14-6-7(4-9(12)13)10-3-2-8(11)5-10/h7-8,11H,2-6H2,1H3,(H,12,13). The summed E-state index contributed by atoms with van der Waals surface area (Å²) < 4.78 is 4.97. The van der Waals surface area contributed by atoms with E-state index in [-0.39, 0.29) is 18.6 Å². The van der Waals surface area contributed by atoms with Crippen LogP contribution < -0.4 is 0 Å². The zero-order chi connectivity index (χ0) is 10.6. The number of aliphatic carboxylic acids is 1. The van der Waals surface area contributed by atoms with Gasteiger partial charge < -0.3 is 14.9 Å². The van der Waals surface area contributed by atoms with E-state index in [0.29, 0.717) is 13.2 Å². The summed E-state index contributed by atoms with van der Waals surface area (Å²) in [5.41, 5.74) is 0. The summed E-state index contributed by atoms with van der Waals surface area (Å²) >= 11 is 0. The average molecular weight is 203 g/mol. The van der Waals surface area contributed by atoms with Crippen molar-refractivity contribution in [2.45, 2.75) is 25.0 Å². The lowest BCUT2D eigenvalue weighted by Crippen LogP contribution is -2.39. The van der Waals surface area contributed by atoms with Crippen LogP contribution >= 0.6 is 0 Å². The van der Waals surface area contributed by atoms with Crippen LogP contribution in [0, 0.1) is 0 Å². The molecule has 0 bridgehead atoms. The van der Waals surface area contributed by atoms with Gasteiger partial charge in [0.15, 0.2) is 0 Å². The molecule has 1 rings (SSSR count). The third kappa shape index (κ3) is 3.25. The van der Waals surface area contributed by atoms with Gasteiger partial charge in [-0.25, -0.2) is 0 Å². The van der Waals surface area contributed by atoms with Gasteiger partial charge in [0.25, 0.3) is 0 Å². The van der Waals surface area contributed by atoms with Crippen molar-refractivity contribution < 1.29 is 19.7 Å². The molecule has 5 nitrogen and oxygen atoms in total. The van der Waals surface area contributed by atoms with Crippen LogP contribution in [0.1, 0.15) is 12.8 Å². The van der Waals surface area contributed by atoms with E-state index in [1.165, 1.54) is 0 Å². The maximum atomic E-state index is 10.6. The number of carboxylic acid groups (broad SMARTS) is 1. The number of nitrogens with zero attached hydrogens (tertiary/aromatic N) is 1. The Bertz CT molecular complexity index is 197. The Kier molecular flexibility index (Phi) is 4.31. The lowest BCUT2D eigenvalue weighted by molar-refractivity contribution is -0.138. The second kappa shape index (κ2) is 5.29. The van der Waals surface area contributed by atoms with Gasteiger partial charge in [-0.2, -0.15) is 0 Å². The van der Waals surface area contributed by atoms with Crippen molar-refractivity contribution in [3.05, 3.63) is 0 Å². The normalized spacial score (nSPS) is 25.1. The minimum absolute atomic E-state index is 0.0700. The first-order valence-electron chi connectivity index (χ1n) is 4.76. The average Bonchev–Trinajstić information content (AvgIpc) is 2.50. The van der Waals surface area contributed by atoms with Gasteiger partial charge >= 0.3 is 5.97 Å². The van der Waals surface area contributed by atoms with E-state index in [9.17, 15) is 9.90 Å². The fourth-order valence-electron chi connectivity index (χ4n) is 1.79. The molecule has 5 heteroatoms. The molecule has 0 radical (unpaired) electrons. The summed E-state index contributed by atoms with van der Waals surface area (Å²) in [6, 6.07) is -0.116. The van der Waals surface area contributed by atoms with Gasteiger partial charge in [0.1, 0.15) is 0 Å². The van der Waals surface area contributed by atoms with Gasteiger partial charge in [0.2, 0.25) is 0 Å². The number of carboxylic acids is 1. The molecule has 14 heavy (non-hydrogen) atoms. The van der Waals surface area contributed by atoms with E-state index in [1.54, 1.807) is 7.11 Å². The maximum absolute atomic E-state index is 10.6. The first kappa shape index (κ1) is 11.4. The van der Waals surface area contributed by atoms with Crippen LogP contribution in [0.2, 0.25) is 0 Å². The highest BCUT2D eigenvalue weighted by atomic mass is 16.5. The number of aliphatic hydroxyl groups is 1. The molecular weight excluding hydrogens is 186 g/mol. The smallest absolute Gasteiger partial charge is 0.305 e. The van der Waals surface area contributed by atoms with Crippen molar-refractivity contribution in [3.8, 4) is 0 Å². The fraction of sp³-hybridized carbons (Fsp3) is 0.889. The number of rotatable bonds is 5. The van der Waals surface area contributed by atoms with Gasteiger partial charge in [-0.15, -0.1) is 0 Å². The highest BCUT2D eigenvalue weighted by Crippen LogP contribution is 2.15. The van der Waals surface area contributed by atoms with Gasteiger partial charge in [-0.05, 0) is 6.42 Å². The van der Waals surface area contributed by atoms with Crippen LogP contribution in [0.25, 0.3) is 0 Å². The van der Waals surface area contributed by atoms with Crippen molar-refractivity contribution >= 4 is 5.97 Å². The van der Waals surface area contributed by atoms with Crippen LogP contribution in [0.15, 0.2) is 0 Å². The molecule has 1 aliphatic rings. The van der Waals surface area contributed by atoms with Gasteiger partial charge in [-0.3, -0.25) is 9.69 Å². The van der Waals surface area contributed by atoms with E-state index < -0.39 is 5.97 Å². The molecule has 0 aromatic heterocycles. The number of ether oxygens (including phenoxy) is 1. The molecule has 1 heterocycles. The van der Waals surface area contributed by atoms with Gasteiger partial charge in [0.05, 0.1) is 19.1 Å². The first-order chi connectivity index (χ1) is 6.63. The van der Waals surface area contributed by atoms with Crippen molar-refractivity contribution in [1.82, 2.24) is 4.90 Å². The zero-order valence-corrected chi connectivity index (χ0v) is 8.35. The molecule has 0 amide bonds. The highest BCUT2D eigenvalue weighted by Gasteiger charge is 2.28. The molecular formula is C9H17NO4. The largest absolute Gasteiger partial charge is 0.481 e. The molecule has 82 valence electrons. The molecule has 1 aliphatic heterocycles. The van der Waals surface area contributed by atoms with Crippen molar-refractivity contribution in [2.75, 3.05) is 26.8 Å². The lowest BCUT2D eigenvalue weighted by atomic mass is 10.2. The molecule has 2 N–H and O–H groups in total.